The Morgan fingerprint density at radius 1 is 0.950 bits per heavy atom. The topological polar surface area (TPSA) is 26.0 Å². The van der Waals surface area contributed by atoms with Gasteiger partial charge in [-0.3, -0.25) is 0 Å². The van der Waals surface area contributed by atoms with Crippen molar-refractivity contribution in [2.24, 2.45) is 5.73 Å². The summed E-state index contributed by atoms with van der Waals surface area (Å²) in [5.41, 5.74) is 6.32. The van der Waals surface area contributed by atoms with E-state index in [9.17, 15) is 13.2 Å². The third-order valence-electron chi connectivity index (χ3n) is 3.68. The fourth-order valence-corrected chi connectivity index (χ4v) is 2.21. The highest BCUT2D eigenvalue weighted by atomic mass is 19.2. The smallest absolute Gasteiger partial charge is 0.163 e. The predicted molar refractivity (Wildman–Crippen MR) is 72.7 cm³/mol. The number of halogens is 3. The monoisotopic (exact) mass is 279 g/mol. The molecule has 0 aliphatic rings. The Morgan fingerprint density at radius 3 is 2.15 bits per heavy atom. The summed E-state index contributed by atoms with van der Waals surface area (Å²) in [6, 6.07) is 9.05. The van der Waals surface area contributed by atoms with Gasteiger partial charge in [0.2, 0.25) is 0 Å². The molecule has 0 heterocycles. The lowest BCUT2D eigenvalue weighted by molar-refractivity contribution is 0.396. The Balaban J connectivity index is 2.42. The first-order chi connectivity index (χ1) is 9.34. The molecule has 4 heteroatoms. The molecule has 1 nitrogen and oxygen atoms in total. The molecule has 106 valence electrons. The van der Waals surface area contributed by atoms with Crippen LogP contribution in [0.5, 0.6) is 0 Å². The maximum absolute atomic E-state index is 13.8. The first-order valence-corrected chi connectivity index (χ1v) is 6.29. The fraction of sp³-hybridized carbons (Fsp3) is 0.250. The second kappa shape index (κ2) is 5.29. The molecule has 0 aliphatic heterocycles. The Bertz CT molecular complexity index is 606. The van der Waals surface area contributed by atoms with E-state index in [2.05, 4.69) is 0 Å². The molecule has 0 aliphatic carbocycles. The number of hydrogen-bond acceptors (Lipinski definition) is 1. The number of benzene rings is 2. The lowest BCUT2D eigenvalue weighted by Gasteiger charge is -2.32. The molecule has 20 heavy (non-hydrogen) atoms. The maximum Gasteiger partial charge on any atom is 0.163 e. The molecule has 1 atom stereocenters. The summed E-state index contributed by atoms with van der Waals surface area (Å²) >= 11 is 0. The average molecular weight is 279 g/mol. The zero-order valence-electron chi connectivity index (χ0n) is 11.3. The van der Waals surface area contributed by atoms with E-state index in [1.54, 1.807) is 12.1 Å². The van der Waals surface area contributed by atoms with Gasteiger partial charge < -0.3 is 5.73 Å². The molecular weight excluding hydrogens is 263 g/mol. The van der Waals surface area contributed by atoms with E-state index in [1.807, 2.05) is 13.8 Å². The molecule has 2 aromatic carbocycles. The summed E-state index contributed by atoms with van der Waals surface area (Å²) in [5.74, 6) is -2.21. The zero-order valence-corrected chi connectivity index (χ0v) is 11.3. The lowest BCUT2D eigenvalue weighted by Crippen LogP contribution is -2.34. The van der Waals surface area contributed by atoms with Gasteiger partial charge in [0, 0.05) is 17.0 Å². The standard InChI is InChI=1S/C16H16F3N/c1-16(2,10-6-8-11(17)9-7-10)15(20)12-4-3-5-13(18)14(12)19/h3-9,15H,20H2,1-2H3. The SMILES string of the molecule is CC(C)(c1ccc(F)cc1)C(N)c1cccc(F)c1F. The van der Waals surface area contributed by atoms with Crippen molar-refractivity contribution in [1.29, 1.82) is 0 Å². The second-order valence-corrected chi connectivity index (χ2v) is 5.35. The van der Waals surface area contributed by atoms with Crippen molar-refractivity contribution in [2.45, 2.75) is 25.3 Å². The van der Waals surface area contributed by atoms with Crippen LogP contribution in [0.3, 0.4) is 0 Å². The molecule has 0 aromatic heterocycles. The molecule has 0 saturated carbocycles. The van der Waals surface area contributed by atoms with Crippen LogP contribution in [0.25, 0.3) is 0 Å². The van der Waals surface area contributed by atoms with Crippen molar-refractivity contribution in [2.75, 3.05) is 0 Å². The number of hydrogen-bond donors (Lipinski definition) is 1. The maximum atomic E-state index is 13.8. The van der Waals surface area contributed by atoms with Gasteiger partial charge >= 0.3 is 0 Å². The molecular formula is C16H16F3N. The molecule has 0 bridgehead atoms. The van der Waals surface area contributed by atoms with Crippen molar-refractivity contribution >= 4 is 0 Å². The van der Waals surface area contributed by atoms with E-state index in [4.69, 9.17) is 5.73 Å². The minimum Gasteiger partial charge on any atom is -0.323 e. The van der Waals surface area contributed by atoms with Crippen LogP contribution < -0.4 is 5.73 Å². The second-order valence-electron chi connectivity index (χ2n) is 5.35. The Hall–Kier alpha value is -1.81. The molecule has 0 spiro atoms. The van der Waals surface area contributed by atoms with Crippen molar-refractivity contribution in [3.05, 3.63) is 71.0 Å². The molecule has 0 radical (unpaired) electrons. The summed E-state index contributed by atoms with van der Waals surface area (Å²) in [7, 11) is 0. The number of rotatable bonds is 3. The Labute approximate surface area is 116 Å². The molecule has 1 unspecified atom stereocenters. The Kier molecular flexibility index (Phi) is 3.86. The van der Waals surface area contributed by atoms with Crippen LogP contribution >= 0.6 is 0 Å². The summed E-state index contributed by atoms with van der Waals surface area (Å²) in [4.78, 5) is 0. The van der Waals surface area contributed by atoms with Gasteiger partial charge in [-0.1, -0.05) is 38.1 Å². The van der Waals surface area contributed by atoms with Crippen molar-refractivity contribution in [1.82, 2.24) is 0 Å². The van der Waals surface area contributed by atoms with E-state index < -0.39 is 23.1 Å². The van der Waals surface area contributed by atoms with Crippen LogP contribution in [0.2, 0.25) is 0 Å². The normalized spacial score (nSPS) is 13.3. The first-order valence-electron chi connectivity index (χ1n) is 6.29. The Morgan fingerprint density at radius 2 is 1.55 bits per heavy atom. The predicted octanol–water partition coefficient (Wildman–Crippen LogP) is 4.08. The highest BCUT2D eigenvalue weighted by Gasteiger charge is 2.32. The van der Waals surface area contributed by atoms with Gasteiger partial charge in [0.15, 0.2) is 11.6 Å². The minimum atomic E-state index is -0.935. The molecule has 0 amide bonds. The third kappa shape index (κ3) is 2.56. The summed E-state index contributed by atoms with van der Waals surface area (Å²) in [6.07, 6.45) is 0. The van der Waals surface area contributed by atoms with Gasteiger partial charge in [-0.15, -0.1) is 0 Å². The quantitative estimate of drug-likeness (QED) is 0.900. The summed E-state index contributed by atoms with van der Waals surface area (Å²) in [5, 5.41) is 0. The highest BCUT2D eigenvalue weighted by molar-refractivity contribution is 5.32. The number of nitrogens with two attached hydrogens (primary N) is 1. The first kappa shape index (κ1) is 14.6. The summed E-state index contributed by atoms with van der Waals surface area (Å²) < 4.78 is 40.1. The van der Waals surface area contributed by atoms with Crippen LogP contribution in [0.4, 0.5) is 13.2 Å². The van der Waals surface area contributed by atoms with Crippen molar-refractivity contribution in [3.8, 4) is 0 Å². The molecule has 2 N–H and O–H groups in total. The van der Waals surface area contributed by atoms with Gasteiger partial charge in [-0.25, -0.2) is 13.2 Å². The van der Waals surface area contributed by atoms with Crippen LogP contribution in [0, 0.1) is 17.5 Å². The van der Waals surface area contributed by atoms with Crippen LogP contribution in [0.1, 0.15) is 31.0 Å². The fourth-order valence-electron chi connectivity index (χ4n) is 2.21. The molecule has 2 aromatic rings. The van der Waals surface area contributed by atoms with Gasteiger partial charge in [-0.2, -0.15) is 0 Å². The van der Waals surface area contributed by atoms with Crippen LogP contribution in [0.15, 0.2) is 42.5 Å². The van der Waals surface area contributed by atoms with E-state index in [1.165, 1.54) is 24.3 Å². The molecule has 0 saturated heterocycles. The minimum absolute atomic E-state index is 0.110. The van der Waals surface area contributed by atoms with Gasteiger partial charge in [0.05, 0.1) is 0 Å². The van der Waals surface area contributed by atoms with E-state index in [0.717, 1.165) is 11.6 Å². The van der Waals surface area contributed by atoms with Crippen LogP contribution in [-0.4, -0.2) is 0 Å². The van der Waals surface area contributed by atoms with Gasteiger partial charge in [0.25, 0.3) is 0 Å². The summed E-state index contributed by atoms with van der Waals surface area (Å²) in [6.45, 7) is 3.63. The van der Waals surface area contributed by atoms with Gasteiger partial charge in [-0.05, 0) is 23.8 Å². The van der Waals surface area contributed by atoms with E-state index in [-0.39, 0.29) is 11.4 Å². The van der Waals surface area contributed by atoms with E-state index >= 15 is 0 Å². The van der Waals surface area contributed by atoms with Crippen molar-refractivity contribution in [3.63, 3.8) is 0 Å². The lowest BCUT2D eigenvalue weighted by atomic mass is 9.75. The van der Waals surface area contributed by atoms with Crippen LogP contribution in [-0.2, 0) is 5.41 Å². The molecule has 0 fully saturated rings. The highest BCUT2D eigenvalue weighted by Crippen LogP contribution is 2.36. The molecule has 2 rings (SSSR count). The van der Waals surface area contributed by atoms with Gasteiger partial charge in [0.1, 0.15) is 5.82 Å². The van der Waals surface area contributed by atoms with E-state index in [0.29, 0.717) is 0 Å². The van der Waals surface area contributed by atoms with Crippen molar-refractivity contribution < 1.29 is 13.2 Å². The average Bonchev–Trinajstić information content (AvgIpc) is 2.41. The largest absolute Gasteiger partial charge is 0.323 e. The zero-order chi connectivity index (χ0) is 14.9. The third-order valence-corrected chi connectivity index (χ3v) is 3.68.